The van der Waals surface area contributed by atoms with Crippen LogP contribution in [0.4, 0.5) is 0 Å². The van der Waals surface area contributed by atoms with Crippen molar-refractivity contribution in [2.45, 2.75) is 25.7 Å². The standard InChI is InChI=1S/C18H16/c1-2-7-13-8-6-12-17-15-10-5-4-9-14(15)16(11-3-1)18(13)17/h1-5,7,11-12H,6,8-10H2. The molecule has 4 aliphatic carbocycles. The van der Waals surface area contributed by atoms with E-state index < -0.39 is 0 Å². The average molecular weight is 232 g/mol. The van der Waals surface area contributed by atoms with Crippen LogP contribution < -0.4 is 0 Å². The lowest BCUT2D eigenvalue weighted by molar-refractivity contribution is 0.945. The van der Waals surface area contributed by atoms with Gasteiger partial charge in [-0.05, 0) is 59.1 Å². The molecule has 0 saturated heterocycles. The van der Waals surface area contributed by atoms with E-state index in [1.807, 2.05) is 0 Å². The summed E-state index contributed by atoms with van der Waals surface area (Å²) >= 11 is 0. The zero-order valence-electron chi connectivity index (χ0n) is 10.4. The van der Waals surface area contributed by atoms with Crippen molar-refractivity contribution in [1.82, 2.24) is 0 Å². The third-order valence-corrected chi connectivity index (χ3v) is 4.23. The van der Waals surface area contributed by atoms with E-state index in [0.29, 0.717) is 0 Å². The lowest BCUT2D eigenvalue weighted by Gasteiger charge is -2.19. The second-order valence-corrected chi connectivity index (χ2v) is 5.22. The molecule has 0 heterocycles. The Morgan fingerprint density at radius 3 is 2.72 bits per heavy atom. The largest absolute Gasteiger partial charge is 0.0838 e. The van der Waals surface area contributed by atoms with E-state index in [2.05, 4.69) is 48.6 Å². The van der Waals surface area contributed by atoms with Crippen molar-refractivity contribution in [1.29, 1.82) is 0 Å². The van der Waals surface area contributed by atoms with Gasteiger partial charge in [-0.25, -0.2) is 0 Å². The topological polar surface area (TPSA) is 0 Å². The van der Waals surface area contributed by atoms with E-state index in [9.17, 15) is 0 Å². The van der Waals surface area contributed by atoms with Crippen LogP contribution in [-0.2, 0) is 0 Å². The summed E-state index contributed by atoms with van der Waals surface area (Å²) in [6.07, 6.45) is 22.8. The van der Waals surface area contributed by atoms with Gasteiger partial charge in [-0.1, -0.05) is 48.6 Å². The molecule has 88 valence electrons. The fraction of sp³-hybridized carbons (Fsp3) is 0.222. The van der Waals surface area contributed by atoms with Crippen molar-refractivity contribution in [2.24, 2.45) is 0 Å². The SMILES string of the molecule is C1=CC=C2CCC=C3C4=C(CC=CC4)C(=C23)C=C1. The second kappa shape index (κ2) is 3.84. The van der Waals surface area contributed by atoms with Gasteiger partial charge in [-0.3, -0.25) is 0 Å². The first-order valence-electron chi connectivity index (χ1n) is 6.82. The molecule has 18 heavy (non-hydrogen) atoms. The van der Waals surface area contributed by atoms with Gasteiger partial charge in [0.25, 0.3) is 0 Å². The van der Waals surface area contributed by atoms with Gasteiger partial charge >= 0.3 is 0 Å². The van der Waals surface area contributed by atoms with Crippen LogP contribution in [0.25, 0.3) is 0 Å². The fourth-order valence-electron chi connectivity index (χ4n) is 3.45. The molecule has 4 aliphatic rings. The maximum Gasteiger partial charge on any atom is -0.00764 e. The Morgan fingerprint density at radius 1 is 0.889 bits per heavy atom. The van der Waals surface area contributed by atoms with Gasteiger partial charge in [0.05, 0.1) is 0 Å². The van der Waals surface area contributed by atoms with Gasteiger partial charge in [0.2, 0.25) is 0 Å². The van der Waals surface area contributed by atoms with Crippen LogP contribution in [0.5, 0.6) is 0 Å². The quantitative estimate of drug-likeness (QED) is 0.530. The minimum Gasteiger partial charge on any atom is -0.0838 e. The Labute approximate surface area is 108 Å². The Kier molecular flexibility index (Phi) is 2.16. The first-order valence-corrected chi connectivity index (χ1v) is 6.82. The number of rotatable bonds is 0. The molecule has 0 atom stereocenters. The van der Waals surface area contributed by atoms with Gasteiger partial charge in [0.1, 0.15) is 0 Å². The van der Waals surface area contributed by atoms with Crippen molar-refractivity contribution in [3.63, 3.8) is 0 Å². The summed E-state index contributed by atoms with van der Waals surface area (Å²) in [5.41, 5.74) is 9.21. The number of hydrogen-bond donors (Lipinski definition) is 0. The first kappa shape index (κ1) is 10.1. The minimum absolute atomic E-state index is 1.10. The summed E-state index contributed by atoms with van der Waals surface area (Å²) in [5.74, 6) is 0. The van der Waals surface area contributed by atoms with Crippen molar-refractivity contribution >= 4 is 0 Å². The maximum atomic E-state index is 2.45. The van der Waals surface area contributed by atoms with Crippen LogP contribution in [0.15, 0.2) is 82.0 Å². The zero-order chi connectivity index (χ0) is 11.9. The highest BCUT2D eigenvalue weighted by Crippen LogP contribution is 2.48. The van der Waals surface area contributed by atoms with E-state index in [1.165, 1.54) is 35.1 Å². The minimum atomic E-state index is 1.10. The highest BCUT2D eigenvalue weighted by atomic mass is 14.3. The molecule has 0 aromatic carbocycles. The predicted octanol–water partition coefficient (Wildman–Crippen LogP) is 4.72. The molecule has 0 bridgehead atoms. The van der Waals surface area contributed by atoms with E-state index >= 15 is 0 Å². The van der Waals surface area contributed by atoms with Crippen LogP contribution in [0.1, 0.15) is 25.7 Å². The molecule has 0 fully saturated rings. The van der Waals surface area contributed by atoms with Crippen LogP contribution >= 0.6 is 0 Å². The summed E-state index contributed by atoms with van der Waals surface area (Å²) in [4.78, 5) is 0. The molecular weight excluding hydrogens is 216 g/mol. The summed E-state index contributed by atoms with van der Waals surface area (Å²) in [5, 5.41) is 0. The third-order valence-electron chi connectivity index (χ3n) is 4.23. The molecular formula is C18H16. The van der Waals surface area contributed by atoms with Gasteiger partial charge < -0.3 is 0 Å². The van der Waals surface area contributed by atoms with Crippen LogP contribution in [0.2, 0.25) is 0 Å². The molecule has 0 heteroatoms. The smallest absolute Gasteiger partial charge is 0.00764 e. The molecule has 0 nitrogen and oxygen atoms in total. The van der Waals surface area contributed by atoms with Crippen molar-refractivity contribution < 1.29 is 0 Å². The predicted molar refractivity (Wildman–Crippen MR) is 76.1 cm³/mol. The first-order chi connectivity index (χ1) is 8.95. The van der Waals surface area contributed by atoms with Gasteiger partial charge in [-0.2, -0.15) is 0 Å². The molecule has 0 N–H and O–H groups in total. The number of fused-ring (bicyclic) bond motifs is 2. The highest BCUT2D eigenvalue weighted by molar-refractivity contribution is 5.75. The Balaban J connectivity index is 1.97. The summed E-state index contributed by atoms with van der Waals surface area (Å²) in [6.45, 7) is 0. The van der Waals surface area contributed by atoms with Crippen molar-refractivity contribution in [3.8, 4) is 0 Å². The number of hydrogen-bond acceptors (Lipinski definition) is 0. The van der Waals surface area contributed by atoms with Crippen molar-refractivity contribution in [3.05, 3.63) is 82.0 Å². The van der Waals surface area contributed by atoms with Crippen molar-refractivity contribution in [2.75, 3.05) is 0 Å². The summed E-state index contributed by atoms with van der Waals surface area (Å²) < 4.78 is 0. The van der Waals surface area contributed by atoms with Gasteiger partial charge in [-0.15, -0.1) is 0 Å². The molecule has 0 radical (unpaired) electrons. The molecule has 0 aliphatic heterocycles. The van der Waals surface area contributed by atoms with E-state index in [0.717, 1.165) is 12.8 Å². The molecule has 0 aromatic heterocycles. The van der Waals surface area contributed by atoms with E-state index in [4.69, 9.17) is 0 Å². The average Bonchev–Trinajstić information content (AvgIpc) is 2.70. The molecule has 0 saturated carbocycles. The third kappa shape index (κ3) is 1.32. The Morgan fingerprint density at radius 2 is 1.78 bits per heavy atom. The summed E-state index contributed by atoms with van der Waals surface area (Å²) in [6, 6.07) is 0. The second-order valence-electron chi connectivity index (χ2n) is 5.22. The molecule has 0 unspecified atom stereocenters. The summed E-state index contributed by atoms with van der Waals surface area (Å²) in [7, 11) is 0. The lowest BCUT2D eigenvalue weighted by atomic mass is 9.85. The van der Waals surface area contributed by atoms with E-state index in [1.54, 1.807) is 11.1 Å². The molecule has 4 rings (SSSR count). The normalized spacial score (nSPS) is 24.4. The van der Waals surface area contributed by atoms with Crippen LogP contribution in [-0.4, -0.2) is 0 Å². The Bertz CT molecular complexity index is 625. The van der Waals surface area contributed by atoms with Gasteiger partial charge in [0, 0.05) is 0 Å². The molecule has 0 amide bonds. The van der Waals surface area contributed by atoms with Crippen LogP contribution in [0.3, 0.4) is 0 Å². The van der Waals surface area contributed by atoms with Gasteiger partial charge in [0.15, 0.2) is 0 Å². The lowest BCUT2D eigenvalue weighted by Crippen LogP contribution is -2.01. The highest BCUT2D eigenvalue weighted by Gasteiger charge is 2.30. The monoisotopic (exact) mass is 232 g/mol. The Hall–Kier alpha value is -1.82. The zero-order valence-corrected chi connectivity index (χ0v) is 10.4. The van der Waals surface area contributed by atoms with E-state index in [-0.39, 0.29) is 0 Å². The van der Waals surface area contributed by atoms with Crippen LogP contribution in [0, 0.1) is 0 Å². The molecule has 0 spiro atoms. The maximum absolute atomic E-state index is 2.45. The molecule has 0 aromatic rings. The fourth-order valence-corrected chi connectivity index (χ4v) is 3.45. The number of allylic oxidation sites excluding steroid dienone is 14.